The van der Waals surface area contributed by atoms with E-state index in [4.69, 9.17) is 33.0 Å². The highest BCUT2D eigenvalue weighted by molar-refractivity contribution is 6.45. The molecule has 6 heterocycles. The summed E-state index contributed by atoms with van der Waals surface area (Å²) in [5.41, 5.74) is 3.69. The molecule has 248 valence electrons. The lowest BCUT2D eigenvalue weighted by atomic mass is 9.81. The molecule has 4 saturated heterocycles. The second-order valence-corrected chi connectivity index (χ2v) is 15.0. The summed E-state index contributed by atoms with van der Waals surface area (Å²) in [6.45, 7) is 20.3. The SMILES string of the molecule is C=CC(=O)N1CCC(n2nc(N3CC[C@@H](CN4CCN(C5COC5)CC4)CC3(C)C)c(-c3c(Cl)c(Cl)cc4[nH]ncc34)c2C)CC1. The molecular formula is C34H46Cl2N8O2. The number of halogens is 2. The van der Waals surface area contributed by atoms with Crippen LogP contribution in [0.4, 0.5) is 5.82 Å². The lowest BCUT2D eigenvalue weighted by molar-refractivity contribution is -0.127. The number of hydrogen-bond donors (Lipinski definition) is 1. The molecule has 0 radical (unpaired) electrons. The summed E-state index contributed by atoms with van der Waals surface area (Å²) >= 11 is 13.8. The number of carbonyl (C=O) groups is 1. The number of piperazine rings is 1. The molecule has 0 saturated carbocycles. The van der Waals surface area contributed by atoms with Gasteiger partial charge in [0.25, 0.3) is 0 Å². The molecule has 4 fully saturated rings. The normalized spacial score (nSPS) is 23.6. The number of anilines is 1. The molecule has 0 aliphatic carbocycles. The van der Waals surface area contributed by atoms with Gasteiger partial charge in [0, 0.05) is 80.1 Å². The van der Waals surface area contributed by atoms with Crippen molar-refractivity contribution in [3.05, 3.63) is 40.7 Å². The van der Waals surface area contributed by atoms with Gasteiger partial charge in [0.2, 0.25) is 5.91 Å². The number of amides is 1. The number of ether oxygens (including phenoxy) is 1. The predicted molar refractivity (Wildman–Crippen MR) is 184 cm³/mol. The fourth-order valence-corrected chi connectivity index (χ4v) is 8.72. The van der Waals surface area contributed by atoms with Crippen LogP contribution in [0.5, 0.6) is 0 Å². The van der Waals surface area contributed by atoms with Crippen LogP contribution in [-0.4, -0.2) is 118 Å². The number of carbonyl (C=O) groups excluding carboxylic acids is 1. The molecule has 7 rings (SSSR count). The van der Waals surface area contributed by atoms with E-state index in [0.717, 1.165) is 112 Å². The number of aromatic amines is 1. The number of nitrogens with zero attached hydrogens (tertiary/aromatic N) is 7. The van der Waals surface area contributed by atoms with Gasteiger partial charge < -0.3 is 19.4 Å². The van der Waals surface area contributed by atoms with Crippen LogP contribution in [0.15, 0.2) is 24.9 Å². The molecule has 2 aromatic heterocycles. The molecule has 0 bridgehead atoms. The number of rotatable bonds is 7. The van der Waals surface area contributed by atoms with Crippen molar-refractivity contribution in [2.24, 2.45) is 5.92 Å². The maximum Gasteiger partial charge on any atom is 0.245 e. The topological polar surface area (TPSA) is 85.8 Å². The van der Waals surface area contributed by atoms with Crippen molar-refractivity contribution in [3.63, 3.8) is 0 Å². The highest BCUT2D eigenvalue weighted by atomic mass is 35.5. The monoisotopic (exact) mass is 668 g/mol. The Morgan fingerprint density at radius 3 is 2.46 bits per heavy atom. The number of likely N-dealkylation sites (tertiary alicyclic amines) is 1. The van der Waals surface area contributed by atoms with Crippen molar-refractivity contribution in [1.29, 1.82) is 0 Å². The van der Waals surface area contributed by atoms with Gasteiger partial charge in [-0.25, -0.2) is 0 Å². The van der Waals surface area contributed by atoms with Crippen molar-refractivity contribution in [3.8, 4) is 11.1 Å². The summed E-state index contributed by atoms with van der Waals surface area (Å²) in [4.78, 5) is 22.0. The van der Waals surface area contributed by atoms with Gasteiger partial charge in [-0.3, -0.25) is 19.5 Å². The molecule has 3 aromatic rings. The largest absolute Gasteiger partial charge is 0.378 e. The van der Waals surface area contributed by atoms with Crippen LogP contribution in [-0.2, 0) is 9.53 Å². The van der Waals surface area contributed by atoms with Gasteiger partial charge in [0.1, 0.15) is 0 Å². The van der Waals surface area contributed by atoms with Gasteiger partial charge >= 0.3 is 0 Å². The van der Waals surface area contributed by atoms with E-state index in [1.54, 1.807) is 0 Å². The van der Waals surface area contributed by atoms with E-state index in [9.17, 15) is 4.79 Å². The maximum absolute atomic E-state index is 12.3. The number of piperidine rings is 2. The quantitative estimate of drug-likeness (QED) is 0.338. The zero-order valence-corrected chi connectivity index (χ0v) is 28.8. The molecule has 0 spiro atoms. The molecule has 4 aliphatic heterocycles. The molecule has 1 amide bonds. The molecule has 46 heavy (non-hydrogen) atoms. The summed E-state index contributed by atoms with van der Waals surface area (Å²) in [6, 6.07) is 2.64. The van der Waals surface area contributed by atoms with Crippen molar-refractivity contribution < 1.29 is 9.53 Å². The van der Waals surface area contributed by atoms with Crippen LogP contribution < -0.4 is 4.90 Å². The molecule has 1 atom stereocenters. The van der Waals surface area contributed by atoms with Crippen molar-refractivity contribution in [1.82, 2.24) is 34.7 Å². The van der Waals surface area contributed by atoms with Gasteiger partial charge in [-0.05, 0) is 64.5 Å². The van der Waals surface area contributed by atoms with Gasteiger partial charge in [0.15, 0.2) is 5.82 Å². The third-order valence-corrected chi connectivity index (χ3v) is 11.7. The Morgan fingerprint density at radius 1 is 1.07 bits per heavy atom. The summed E-state index contributed by atoms with van der Waals surface area (Å²) in [6.07, 6.45) is 7.10. The van der Waals surface area contributed by atoms with Crippen molar-refractivity contribution in [2.75, 3.05) is 70.5 Å². The number of fused-ring (bicyclic) bond motifs is 1. The second-order valence-electron chi connectivity index (χ2n) is 14.2. The fourth-order valence-electron chi connectivity index (χ4n) is 8.27. The average molecular weight is 670 g/mol. The third kappa shape index (κ3) is 5.85. The van der Waals surface area contributed by atoms with Gasteiger partial charge in [-0.1, -0.05) is 29.8 Å². The molecule has 0 unspecified atom stereocenters. The molecule has 1 N–H and O–H groups in total. The Bertz CT molecular complexity index is 1600. The molecular weight excluding hydrogens is 623 g/mol. The highest BCUT2D eigenvalue weighted by Crippen LogP contribution is 2.48. The summed E-state index contributed by atoms with van der Waals surface area (Å²) < 4.78 is 7.62. The molecule has 1 aromatic carbocycles. The summed E-state index contributed by atoms with van der Waals surface area (Å²) in [7, 11) is 0. The van der Waals surface area contributed by atoms with Crippen LogP contribution in [0.25, 0.3) is 22.0 Å². The van der Waals surface area contributed by atoms with Crippen LogP contribution in [0.1, 0.15) is 51.3 Å². The first-order valence-electron chi connectivity index (χ1n) is 16.8. The van der Waals surface area contributed by atoms with E-state index in [1.807, 2.05) is 17.2 Å². The standard InChI is InChI=1S/C34H46Cl2N8O2/c1-5-29(45)42-9-7-24(8-10-42)44-22(2)30(31-26-18-37-38-28(26)16-27(35)32(31)36)33(39-44)43-11-6-23(17-34(43,3)4)19-40-12-14-41(15-13-40)25-20-46-21-25/h5,16,18,23-25H,1,6-15,17,19-21H2,2-4H3,(H,37,38)/t23-/m1/s1. The van der Waals surface area contributed by atoms with Crippen LogP contribution in [0.3, 0.4) is 0 Å². The minimum atomic E-state index is -0.116. The third-order valence-electron chi connectivity index (χ3n) is 10.9. The average Bonchev–Trinajstić information content (AvgIpc) is 3.61. The van der Waals surface area contributed by atoms with E-state index in [0.29, 0.717) is 35.1 Å². The summed E-state index contributed by atoms with van der Waals surface area (Å²) in [5, 5.41) is 14.8. The zero-order chi connectivity index (χ0) is 32.2. The van der Waals surface area contributed by atoms with E-state index < -0.39 is 0 Å². The van der Waals surface area contributed by atoms with Crippen molar-refractivity contribution >= 4 is 45.8 Å². The number of hydrogen-bond acceptors (Lipinski definition) is 7. The van der Waals surface area contributed by atoms with Gasteiger partial charge in [0.05, 0.1) is 47.1 Å². The maximum atomic E-state index is 12.3. The molecule has 12 heteroatoms. The lowest BCUT2D eigenvalue weighted by Gasteiger charge is -2.48. The van der Waals surface area contributed by atoms with Gasteiger partial charge in [-0.2, -0.15) is 10.2 Å². The Kier molecular flexibility index (Phi) is 8.86. The highest BCUT2D eigenvalue weighted by Gasteiger charge is 2.40. The van der Waals surface area contributed by atoms with E-state index in [2.05, 4.69) is 56.9 Å². The molecule has 10 nitrogen and oxygen atoms in total. The Labute approximate surface area is 281 Å². The second kappa shape index (κ2) is 12.8. The smallest absolute Gasteiger partial charge is 0.245 e. The van der Waals surface area contributed by atoms with E-state index in [1.165, 1.54) is 6.08 Å². The molecule has 4 aliphatic rings. The fraction of sp³-hybridized carbons (Fsp3) is 0.618. The van der Waals surface area contributed by atoms with Crippen LogP contribution in [0, 0.1) is 12.8 Å². The Balaban J connectivity index is 1.18. The first-order valence-corrected chi connectivity index (χ1v) is 17.5. The number of benzene rings is 1. The van der Waals surface area contributed by atoms with Gasteiger partial charge in [-0.15, -0.1) is 0 Å². The zero-order valence-electron chi connectivity index (χ0n) is 27.3. The summed E-state index contributed by atoms with van der Waals surface area (Å²) in [5.74, 6) is 1.57. The Morgan fingerprint density at radius 2 is 1.80 bits per heavy atom. The van der Waals surface area contributed by atoms with E-state index >= 15 is 0 Å². The Hall–Kier alpha value is -2.63. The van der Waals surface area contributed by atoms with Crippen LogP contribution >= 0.6 is 23.2 Å². The first-order chi connectivity index (χ1) is 22.1. The minimum Gasteiger partial charge on any atom is -0.378 e. The van der Waals surface area contributed by atoms with E-state index in [-0.39, 0.29) is 17.5 Å². The number of nitrogens with one attached hydrogen (secondary N) is 1. The number of aromatic nitrogens is 4. The number of H-pyrrole nitrogens is 1. The predicted octanol–water partition coefficient (Wildman–Crippen LogP) is 5.40. The van der Waals surface area contributed by atoms with Crippen LogP contribution in [0.2, 0.25) is 10.0 Å². The lowest BCUT2D eigenvalue weighted by Crippen LogP contribution is -2.58. The minimum absolute atomic E-state index is 0.00969. The van der Waals surface area contributed by atoms with Crippen molar-refractivity contribution in [2.45, 2.75) is 64.1 Å². The first kappa shape index (κ1) is 31.9.